The van der Waals surface area contributed by atoms with Crippen molar-refractivity contribution in [2.45, 2.75) is 0 Å². The second-order valence-corrected chi connectivity index (χ2v) is 7.87. The van der Waals surface area contributed by atoms with Gasteiger partial charge in [0.25, 0.3) is 11.5 Å². The first-order valence-electron chi connectivity index (χ1n) is 9.89. The lowest BCUT2D eigenvalue weighted by Crippen LogP contribution is -2.32. The third-order valence-electron chi connectivity index (χ3n) is 4.74. The molecule has 4 rings (SSSR count). The monoisotopic (exact) mass is 454 g/mol. The van der Waals surface area contributed by atoms with E-state index in [0.717, 1.165) is 16.9 Å². The molecule has 0 unspecified atom stereocenters. The standard InChI is InChI=1S/C25H18N4O3S/c1-32-20-9-7-18(8-10-20)28-23(30)21(16-26)25-29(19-5-3-2-4-6-19)24(31)22(33-25)15-17-11-13-27-14-12-17/h2-15H,1H3,(H,28,30)/b22-15+,25-21-. The van der Waals surface area contributed by atoms with Crippen molar-refractivity contribution in [3.8, 4) is 17.5 Å². The first-order valence-corrected chi connectivity index (χ1v) is 10.7. The molecule has 1 amide bonds. The number of rotatable bonds is 5. The molecule has 0 aliphatic carbocycles. The van der Waals surface area contributed by atoms with Crippen LogP contribution in [-0.4, -0.2) is 22.6 Å². The number of hydrogen-bond donors (Lipinski definition) is 1. The molecular weight excluding hydrogens is 436 g/mol. The van der Waals surface area contributed by atoms with Crippen LogP contribution in [0.2, 0.25) is 0 Å². The van der Waals surface area contributed by atoms with E-state index in [2.05, 4.69) is 10.3 Å². The zero-order chi connectivity index (χ0) is 23.2. The Morgan fingerprint density at radius 3 is 2.42 bits per heavy atom. The zero-order valence-corrected chi connectivity index (χ0v) is 18.4. The summed E-state index contributed by atoms with van der Waals surface area (Å²) in [7, 11) is 1.55. The number of amides is 1. The van der Waals surface area contributed by atoms with Gasteiger partial charge in [-0.05, 0) is 60.2 Å². The number of carbonyl (C=O) groups is 1. The normalized spacial score (nSPS) is 12.1. The first kappa shape index (κ1) is 21.7. The van der Waals surface area contributed by atoms with Gasteiger partial charge in [0.05, 0.1) is 17.3 Å². The summed E-state index contributed by atoms with van der Waals surface area (Å²) in [6, 6.07) is 21.2. The van der Waals surface area contributed by atoms with Crippen molar-refractivity contribution in [3.63, 3.8) is 0 Å². The number of aromatic nitrogens is 2. The number of benzene rings is 2. The van der Waals surface area contributed by atoms with Crippen molar-refractivity contribution in [2.24, 2.45) is 0 Å². The van der Waals surface area contributed by atoms with Crippen LogP contribution in [0.1, 0.15) is 5.56 Å². The zero-order valence-electron chi connectivity index (χ0n) is 17.6. The van der Waals surface area contributed by atoms with Gasteiger partial charge in [-0.15, -0.1) is 11.3 Å². The van der Waals surface area contributed by atoms with Gasteiger partial charge in [-0.2, -0.15) is 5.26 Å². The van der Waals surface area contributed by atoms with Gasteiger partial charge in [-0.1, -0.05) is 18.2 Å². The predicted molar refractivity (Wildman–Crippen MR) is 128 cm³/mol. The Balaban J connectivity index is 1.90. The van der Waals surface area contributed by atoms with E-state index in [4.69, 9.17) is 4.74 Å². The summed E-state index contributed by atoms with van der Waals surface area (Å²) in [4.78, 5) is 30.3. The van der Waals surface area contributed by atoms with Gasteiger partial charge in [-0.25, -0.2) is 0 Å². The molecule has 0 aliphatic rings. The molecule has 2 heterocycles. The summed E-state index contributed by atoms with van der Waals surface area (Å²) in [6.07, 6.45) is 4.98. The number of thiazole rings is 1. The average Bonchev–Trinajstić information content (AvgIpc) is 3.16. The lowest BCUT2D eigenvalue weighted by molar-refractivity contribution is -0.111. The molecular formula is C25H18N4O3S. The Hall–Kier alpha value is -4.48. The Labute approximate surface area is 193 Å². The molecule has 8 heteroatoms. The average molecular weight is 455 g/mol. The number of para-hydroxylation sites is 1. The SMILES string of the molecule is COc1ccc(NC(=O)/C(C#N)=c2\s/c(=C/c3ccncc3)c(=O)n2-c2ccccc2)cc1. The molecule has 7 nitrogen and oxygen atoms in total. The van der Waals surface area contributed by atoms with E-state index < -0.39 is 5.91 Å². The number of hydrogen-bond acceptors (Lipinski definition) is 6. The summed E-state index contributed by atoms with van der Waals surface area (Å²) < 4.78 is 7.16. The van der Waals surface area contributed by atoms with Gasteiger partial charge in [0.15, 0.2) is 5.57 Å². The second kappa shape index (κ2) is 9.77. The molecule has 2 aromatic heterocycles. The van der Waals surface area contributed by atoms with E-state index in [1.54, 1.807) is 86.2 Å². The van der Waals surface area contributed by atoms with Crippen LogP contribution in [0.15, 0.2) is 83.9 Å². The summed E-state index contributed by atoms with van der Waals surface area (Å²) >= 11 is 1.09. The summed E-state index contributed by atoms with van der Waals surface area (Å²) in [5.74, 6) is 0.0361. The molecule has 0 radical (unpaired) electrons. The fourth-order valence-electron chi connectivity index (χ4n) is 3.14. The lowest BCUT2D eigenvalue weighted by atomic mass is 10.2. The highest BCUT2D eigenvalue weighted by Gasteiger charge is 2.17. The number of methoxy groups -OCH3 is 1. The minimum absolute atomic E-state index is 0.161. The number of nitrogens with one attached hydrogen (secondary N) is 1. The second-order valence-electron chi connectivity index (χ2n) is 6.84. The Bertz CT molecular complexity index is 1500. The van der Waals surface area contributed by atoms with Crippen LogP contribution in [0.25, 0.3) is 17.3 Å². The van der Waals surface area contributed by atoms with Crippen molar-refractivity contribution < 1.29 is 9.53 Å². The third kappa shape index (κ3) is 4.74. The fourth-order valence-corrected chi connectivity index (χ4v) is 4.24. The summed E-state index contributed by atoms with van der Waals surface area (Å²) in [6.45, 7) is 0. The molecule has 0 aliphatic heterocycles. The number of carbonyl (C=O) groups excluding carboxylic acids is 1. The maximum Gasteiger partial charge on any atom is 0.273 e. The molecule has 162 valence electrons. The van der Waals surface area contributed by atoms with Crippen molar-refractivity contribution in [1.82, 2.24) is 9.55 Å². The minimum atomic E-state index is -0.607. The van der Waals surface area contributed by atoms with E-state index >= 15 is 0 Å². The fraction of sp³-hybridized carbons (Fsp3) is 0.0400. The van der Waals surface area contributed by atoms with Crippen LogP contribution < -0.4 is 24.8 Å². The maximum atomic E-state index is 13.3. The van der Waals surface area contributed by atoms with E-state index in [1.807, 2.05) is 12.1 Å². The van der Waals surface area contributed by atoms with Crippen LogP contribution in [0.4, 0.5) is 5.69 Å². The molecule has 0 saturated heterocycles. The van der Waals surface area contributed by atoms with Crippen LogP contribution in [0.5, 0.6) is 5.75 Å². The van der Waals surface area contributed by atoms with Crippen molar-refractivity contribution in [3.05, 3.63) is 104 Å². The predicted octanol–water partition coefficient (Wildman–Crippen LogP) is 2.44. The Morgan fingerprint density at radius 2 is 1.79 bits per heavy atom. The highest BCUT2D eigenvalue weighted by molar-refractivity contribution is 7.07. The lowest BCUT2D eigenvalue weighted by Gasteiger charge is -2.06. The van der Waals surface area contributed by atoms with Crippen molar-refractivity contribution in [2.75, 3.05) is 12.4 Å². The molecule has 0 saturated carbocycles. The van der Waals surface area contributed by atoms with E-state index in [1.165, 1.54) is 4.57 Å². The van der Waals surface area contributed by atoms with Gasteiger partial charge in [0.1, 0.15) is 16.5 Å². The van der Waals surface area contributed by atoms with Gasteiger partial charge in [-0.3, -0.25) is 19.1 Å². The third-order valence-corrected chi connectivity index (χ3v) is 5.83. The van der Waals surface area contributed by atoms with Crippen molar-refractivity contribution >= 4 is 34.6 Å². The molecule has 4 aromatic rings. The van der Waals surface area contributed by atoms with Crippen molar-refractivity contribution in [1.29, 1.82) is 5.26 Å². The largest absolute Gasteiger partial charge is 0.497 e. The Morgan fingerprint density at radius 1 is 1.09 bits per heavy atom. The van der Waals surface area contributed by atoms with Crippen LogP contribution in [0, 0.1) is 11.3 Å². The number of nitrogens with zero attached hydrogens (tertiary/aromatic N) is 3. The smallest absolute Gasteiger partial charge is 0.273 e. The number of anilines is 1. The van der Waals surface area contributed by atoms with Gasteiger partial charge in [0, 0.05) is 18.1 Å². The Kier molecular flexibility index (Phi) is 6.43. The number of nitriles is 1. The van der Waals surface area contributed by atoms with Gasteiger partial charge in [0.2, 0.25) is 0 Å². The highest BCUT2D eigenvalue weighted by Crippen LogP contribution is 2.15. The molecule has 33 heavy (non-hydrogen) atoms. The number of ether oxygens (including phenoxy) is 1. The first-order chi connectivity index (χ1) is 16.1. The molecule has 0 atom stereocenters. The number of pyridine rings is 1. The quantitative estimate of drug-likeness (QED) is 0.500. The van der Waals surface area contributed by atoms with Crippen LogP contribution >= 0.6 is 11.3 Å². The van der Waals surface area contributed by atoms with Crippen LogP contribution in [0.3, 0.4) is 0 Å². The molecule has 0 spiro atoms. The van der Waals surface area contributed by atoms with Gasteiger partial charge >= 0.3 is 0 Å². The molecule has 2 aromatic carbocycles. The molecule has 0 bridgehead atoms. The highest BCUT2D eigenvalue weighted by atomic mass is 32.1. The maximum absolute atomic E-state index is 13.3. The molecule has 0 fully saturated rings. The van der Waals surface area contributed by atoms with E-state index in [-0.39, 0.29) is 15.8 Å². The minimum Gasteiger partial charge on any atom is -0.497 e. The van der Waals surface area contributed by atoms with E-state index in [9.17, 15) is 14.9 Å². The summed E-state index contributed by atoms with van der Waals surface area (Å²) in [5, 5.41) is 12.6. The molecule has 1 N–H and O–H groups in total. The topological polar surface area (TPSA) is 97.0 Å². The summed E-state index contributed by atoms with van der Waals surface area (Å²) in [5.41, 5.74) is 1.38. The van der Waals surface area contributed by atoms with E-state index in [0.29, 0.717) is 21.7 Å². The van der Waals surface area contributed by atoms with Gasteiger partial charge < -0.3 is 10.1 Å². The van der Waals surface area contributed by atoms with Crippen LogP contribution in [-0.2, 0) is 4.79 Å².